The van der Waals surface area contributed by atoms with Gasteiger partial charge in [0.25, 0.3) is 11.7 Å². The monoisotopic (exact) mass is 528 g/mol. The zero-order valence-corrected chi connectivity index (χ0v) is 21.7. The van der Waals surface area contributed by atoms with E-state index < -0.39 is 17.7 Å². The van der Waals surface area contributed by atoms with Crippen molar-refractivity contribution in [1.29, 1.82) is 0 Å². The highest BCUT2D eigenvalue weighted by Gasteiger charge is 2.46. The molecule has 3 aromatic carbocycles. The van der Waals surface area contributed by atoms with Crippen molar-refractivity contribution in [3.63, 3.8) is 0 Å². The average molecular weight is 529 g/mol. The maximum atomic E-state index is 13.4. The van der Waals surface area contributed by atoms with E-state index in [0.717, 1.165) is 16.5 Å². The Bertz CT molecular complexity index is 1590. The summed E-state index contributed by atoms with van der Waals surface area (Å²) >= 11 is 0. The highest BCUT2D eigenvalue weighted by atomic mass is 16.5. The van der Waals surface area contributed by atoms with E-state index in [1.165, 1.54) is 25.2 Å². The van der Waals surface area contributed by atoms with Gasteiger partial charge in [-0.1, -0.05) is 6.07 Å². The number of nitrogens with one attached hydrogen (secondary N) is 1. The molecule has 1 fully saturated rings. The van der Waals surface area contributed by atoms with Gasteiger partial charge in [-0.2, -0.15) is 0 Å². The molecule has 4 aromatic rings. The third-order valence-corrected chi connectivity index (χ3v) is 7.02. The summed E-state index contributed by atoms with van der Waals surface area (Å²) in [7, 11) is 4.54. The van der Waals surface area contributed by atoms with Gasteiger partial charge in [0, 0.05) is 29.2 Å². The Morgan fingerprint density at radius 3 is 2.33 bits per heavy atom. The van der Waals surface area contributed by atoms with Crippen LogP contribution in [0.5, 0.6) is 23.0 Å². The summed E-state index contributed by atoms with van der Waals surface area (Å²) in [5.41, 5.74) is 2.71. The molecule has 1 unspecified atom stereocenters. The van der Waals surface area contributed by atoms with Crippen LogP contribution in [-0.4, -0.2) is 59.7 Å². The van der Waals surface area contributed by atoms with Crippen molar-refractivity contribution < 1.29 is 34.0 Å². The lowest BCUT2D eigenvalue weighted by molar-refractivity contribution is -0.139. The van der Waals surface area contributed by atoms with Crippen molar-refractivity contribution in [3.05, 3.63) is 89.1 Å². The molecule has 9 nitrogen and oxygen atoms in total. The second kappa shape index (κ2) is 10.4. The summed E-state index contributed by atoms with van der Waals surface area (Å²) in [6, 6.07) is 16.0. The van der Waals surface area contributed by atoms with Crippen molar-refractivity contribution in [1.82, 2.24) is 9.88 Å². The van der Waals surface area contributed by atoms with Gasteiger partial charge in [0.1, 0.15) is 17.3 Å². The summed E-state index contributed by atoms with van der Waals surface area (Å²) in [6.07, 6.45) is 2.31. The number of phenolic OH excluding ortho intramolecular Hbond substituents is 1. The number of benzene rings is 3. The molecule has 9 heteroatoms. The second-order valence-corrected chi connectivity index (χ2v) is 9.13. The maximum Gasteiger partial charge on any atom is 0.295 e. The quantitative estimate of drug-likeness (QED) is 0.174. The number of amides is 1. The highest BCUT2D eigenvalue weighted by Crippen LogP contribution is 2.42. The molecular weight excluding hydrogens is 500 g/mol. The molecule has 0 bridgehead atoms. The molecule has 5 rings (SSSR count). The Morgan fingerprint density at radius 2 is 1.64 bits per heavy atom. The van der Waals surface area contributed by atoms with Crippen molar-refractivity contribution >= 4 is 28.4 Å². The number of methoxy groups -OCH3 is 3. The minimum atomic E-state index is -0.902. The summed E-state index contributed by atoms with van der Waals surface area (Å²) < 4.78 is 15.8. The Morgan fingerprint density at radius 1 is 0.923 bits per heavy atom. The van der Waals surface area contributed by atoms with E-state index in [-0.39, 0.29) is 29.4 Å². The molecule has 0 spiro atoms. The zero-order chi connectivity index (χ0) is 27.7. The van der Waals surface area contributed by atoms with Crippen LogP contribution in [0.3, 0.4) is 0 Å². The van der Waals surface area contributed by atoms with Crippen LogP contribution in [0.15, 0.2) is 72.4 Å². The molecule has 39 heavy (non-hydrogen) atoms. The molecule has 1 atom stereocenters. The Kier molecular flexibility index (Phi) is 6.89. The van der Waals surface area contributed by atoms with E-state index in [1.807, 2.05) is 24.4 Å². The number of aliphatic hydroxyl groups excluding tert-OH is 1. The minimum Gasteiger partial charge on any atom is -0.507 e. The summed E-state index contributed by atoms with van der Waals surface area (Å²) in [5.74, 6) is -0.415. The number of H-pyrrole nitrogens is 1. The largest absolute Gasteiger partial charge is 0.507 e. The number of Topliss-reactive ketones (excluding diaryl/α,β-unsaturated/α-hetero) is 1. The van der Waals surface area contributed by atoms with Gasteiger partial charge in [0.2, 0.25) is 0 Å². The van der Waals surface area contributed by atoms with Gasteiger partial charge >= 0.3 is 0 Å². The van der Waals surface area contributed by atoms with Crippen molar-refractivity contribution in [2.75, 3.05) is 27.9 Å². The molecule has 200 valence electrons. The molecule has 2 heterocycles. The molecule has 1 aliphatic heterocycles. The number of aliphatic hydroxyl groups is 1. The summed E-state index contributed by atoms with van der Waals surface area (Å²) in [6.45, 7) is 0.196. The number of aromatic hydroxyl groups is 1. The number of hydrogen-bond acceptors (Lipinski definition) is 7. The molecule has 1 amide bonds. The van der Waals surface area contributed by atoms with Crippen molar-refractivity contribution in [2.24, 2.45) is 0 Å². The number of aromatic nitrogens is 1. The first-order valence-electron chi connectivity index (χ1n) is 12.3. The van der Waals surface area contributed by atoms with Gasteiger partial charge in [0.15, 0.2) is 11.5 Å². The number of rotatable bonds is 8. The van der Waals surface area contributed by atoms with E-state index in [1.54, 1.807) is 43.5 Å². The highest BCUT2D eigenvalue weighted by molar-refractivity contribution is 6.46. The predicted octanol–water partition coefficient (Wildman–Crippen LogP) is 4.56. The molecule has 1 saturated heterocycles. The Labute approximate surface area is 224 Å². The van der Waals surface area contributed by atoms with Crippen molar-refractivity contribution in [2.45, 2.75) is 12.5 Å². The molecular formula is C30H28N2O7. The number of nitrogens with zero attached hydrogens (tertiary/aromatic N) is 1. The number of ether oxygens (including phenoxy) is 3. The van der Waals surface area contributed by atoms with E-state index in [9.17, 15) is 19.8 Å². The fourth-order valence-corrected chi connectivity index (χ4v) is 4.96. The topological polar surface area (TPSA) is 121 Å². The SMILES string of the molecule is COc1ccc(/C(O)=C2/C(=O)C(=O)N(CCc3c[nH]c4ccc(OC)cc34)C2c2ccc(O)c(OC)c2)cc1. The fraction of sp³-hybridized carbons (Fsp3) is 0.200. The van der Waals surface area contributed by atoms with Crippen LogP contribution < -0.4 is 14.2 Å². The fourth-order valence-electron chi connectivity index (χ4n) is 4.96. The maximum absolute atomic E-state index is 13.4. The Balaban J connectivity index is 1.57. The minimum absolute atomic E-state index is 0.0431. The molecule has 0 aliphatic carbocycles. The van der Waals surface area contributed by atoms with E-state index in [0.29, 0.717) is 29.0 Å². The van der Waals surface area contributed by atoms with Crippen LogP contribution >= 0.6 is 0 Å². The molecule has 3 N–H and O–H groups in total. The molecule has 0 radical (unpaired) electrons. The van der Waals surface area contributed by atoms with Gasteiger partial charge in [-0.3, -0.25) is 9.59 Å². The van der Waals surface area contributed by atoms with Gasteiger partial charge in [0.05, 0.1) is 32.9 Å². The van der Waals surface area contributed by atoms with Crippen LogP contribution in [0.4, 0.5) is 0 Å². The average Bonchev–Trinajstić information content (AvgIpc) is 3.48. The smallest absolute Gasteiger partial charge is 0.295 e. The van der Waals surface area contributed by atoms with Crippen LogP contribution in [0.25, 0.3) is 16.7 Å². The number of carbonyl (C=O) groups excluding carboxylic acids is 2. The molecule has 1 aliphatic rings. The van der Waals surface area contributed by atoms with E-state index in [4.69, 9.17) is 14.2 Å². The lowest BCUT2D eigenvalue weighted by atomic mass is 9.94. The first kappa shape index (κ1) is 25.7. The number of likely N-dealkylation sites (tertiary alicyclic amines) is 1. The van der Waals surface area contributed by atoms with Gasteiger partial charge in [-0.15, -0.1) is 0 Å². The van der Waals surface area contributed by atoms with Crippen LogP contribution in [0.1, 0.15) is 22.7 Å². The van der Waals surface area contributed by atoms with Crippen LogP contribution in [0.2, 0.25) is 0 Å². The standard InChI is InChI=1S/C30H28N2O7/c1-37-20-7-4-17(5-8-20)28(34)26-27(18-6-11-24(33)25(14-18)39-3)32(30(36)29(26)35)13-12-19-16-31-23-10-9-21(38-2)15-22(19)23/h4-11,14-16,27,31,33-34H,12-13H2,1-3H3/b28-26-. The van der Waals surface area contributed by atoms with Gasteiger partial charge in [-0.25, -0.2) is 0 Å². The van der Waals surface area contributed by atoms with E-state index in [2.05, 4.69) is 4.98 Å². The number of carbonyl (C=O) groups is 2. The number of fused-ring (bicyclic) bond motifs is 1. The summed E-state index contributed by atoms with van der Waals surface area (Å²) in [5, 5.41) is 22.4. The lowest BCUT2D eigenvalue weighted by Gasteiger charge is -2.26. The summed E-state index contributed by atoms with van der Waals surface area (Å²) in [4.78, 5) is 31.4. The number of ketones is 1. The lowest BCUT2D eigenvalue weighted by Crippen LogP contribution is -2.31. The number of hydrogen-bond donors (Lipinski definition) is 3. The third kappa shape index (κ3) is 4.63. The zero-order valence-electron chi connectivity index (χ0n) is 21.7. The van der Waals surface area contributed by atoms with Gasteiger partial charge < -0.3 is 34.3 Å². The first-order valence-corrected chi connectivity index (χ1v) is 12.3. The van der Waals surface area contributed by atoms with Crippen LogP contribution in [-0.2, 0) is 16.0 Å². The number of phenols is 1. The third-order valence-electron chi connectivity index (χ3n) is 7.02. The van der Waals surface area contributed by atoms with E-state index >= 15 is 0 Å². The Hall–Kier alpha value is -4.92. The molecule has 1 aromatic heterocycles. The number of aromatic amines is 1. The van der Waals surface area contributed by atoms with Crippen LogP contribution in [0, 0.1) is 0 Å². The second-order valence-electron chi connectivity index (χ2n) is 9.13. The van der Waals surface area contributed by atoms with Gasteiger partial charge in [-0.05, 0) is 72.1 Å². The molecule has 0 saturated carbocycles. The predicted molar refractivity (Wildman–Crippen MR) is 145 cm³/mol. The van der Waals surface area contributed by atoms with Crippen molar-refractivity contribution in [3.8, 4) is 23.0 Å². The normalized spacial score (nSPS) is 16.6. The first-order chi connectivity index (χ1) is 18.9.